The monoisotopic (exact) mass is 416 g/mol. The van der Waals surface area contributed by atoms with Crippen molar-refractivity contribution >= 4 is 23.2 Å². The maximum atomic E-state index is 12.8. The first kappa shape index (κ1) is 19.6. The lowest BCUT2D eigenvalue weighted by molar-refractivity contribution is -0.121. The summed E-state index contributed by atoms with van der Waals surface area (Å²) in [5, 5.41) is 6.59. The van der Waals surface area contributed by atoms with Crippen molar-refractivity contribution in [2.45, 2.75) is 12.8 Å². The molecule has 0 radical (unpaired) electrons. The normalized spacial score (nSPS) is 10.5. The van der Waals surface area contributed by atoms with Gasteiger partial charge in [0.15, 0.2) is 0 Å². The van der Waals surface area contributed by atoms with Crippen molar-refractivity contribution in [2.75, 3.05) is 0 Å². The minimum absolute atomic E-state index is 0.242. The van der Waals surface area contributed by atoms with Crippen LogP contribution in [0.5, 0.6) is 0 Å². The molecule has 2 aromatic heterocycles. The van der Waals surface area contributed by atoms with Gasteiger partial charge in [-0.25, -0.2) is 4.68 Å². The summed E-state index contributed by atoms with van der Waals surface area (Å²) in [5.41, 5.74) is 7.60. The zero-order valence-electron chi connectivity index (χ0n) is 16.1. The average molecular weight is 417 g/mol. The molecule has 6 nitrogen and oxygen atoms in total. The number of benzene rings is 2. The molecule has 4 aromatic rings. The van der Waals surface area contributed by atoms with Gasteiger partial charge < -0.3 is 0 Å². The highest BCUT2D eigenvalue weighted by Gasteiger charge is 2.19. The van der Waals surface area contributed by atoms with Crippen LogP contribution in [0.15, 0.2) is 84.4 Å². The van der Waals surface area contributed by atoms with E-state index in [9.17, 15) is 9.59 Å². The third kappa shape index (κ3) is 4.64. The van der Waals surface area contributed by atoms with Crippen LogP contribution in [-0.4, -0.2) is 21.6 Å². The Morgan fingerprint density at radius 3 is 2.33 bits per heavy atom. The van der Waals surface area contributed by atoms with Gasteiger partial charge in [-0.1, -0.05) is 54.6 Å². The van der Waals surface area contributed by atoms with Gasteiger partial charge in [0.1, 0.15) is 5.69 Å². The predicted octanol–water partition coefficient (Wildman–Crippen LogP) is 3.99. The van der Waals surface area contributed by atoms with Crippen LogP contribution in [0, 0.1) is 0 Å². The molecule has 0 aliphatic carbocycles. The topological polar surface area (TPSA) is 76.0 Å². The number of thiophene rings is 1. The zero-order chi connectivity index (χ0) is 20.8. The minimum atomic E-state index is -0.416. The molecule has 150 valence electrons. The number of amides is 2. The van der Waals surface area contributed by atoms with Gasteiger partial charge in [-0.3, -0.25) is 20.4 Å². The van der Waals surface area contributed by atoms with Gasteiger partial charge >= 0.3 is 0 Å². The number of hydrogen-bond donors (Lipinski definition) is 2. The Balaban J connectivity index is 1.50. The van der Waals surface area contributed by atoms with Crippen molar-refractivity contribution in [3.8, 4) is 16.9 Å². The van der Waals surface area contributed by atoms with E-state index in [0.29, 0.717) is 24.1 Å². The summed E-state index contributed by atoms with van der Waals surface area (Å²) in [6, 6.07) is 23.0. The third-order valence-electron chi connectivity index (χ3n) is 4.52. The number of para-hydroxylation sites is 1. The summed E-state index contributed by atoms with van der Waals surface area (Å²) in [5.74, 6) is -0.658. The molecular formula is C23H20N4O2S. The second kappa shape index (κ2) is 9.19. The van der Waals surface area contributed by atoms with Gasteiger partial charge in [0.05, 0.1) is 11.3 Å². The standard InChI is InChI=1S/C23H20N4O2S/c28-21(14-13-19-12-7-15-30-19)24-25-23(29)20-16-27(18-10-5-2-6-11-18)26-22(20)17-8-3-1-4-9-17/h1-12,15-16H,13-14H2,(H,24,28)(H,25,29). The lowest BCUT2D eigenvalue weighted by Gasteiger charge is -2.07. The van der Waals surface area contributed by atoms with Crippen LogP contribution in [0.25, 0.3) is 16.9 Å². The minimum Gasteiger partial charge on any atom is -0.273 e. The molecule has 0 aliphatic rings. The number of carbonyl (C=O) groups is 2. The van der Waals surface area contributed by atoms with Crippen LogP contribution in [0.4, 0.5) is 0 Å². The fourth-order valence-electron chi connectivity index (χ4n) is 3.01. The second-order valence-electron chi connectivity index (χ2n) is 6.62. The SMILES string of the molecule is O=C(CCc1cccs1)NNC(=O)c1cn(-c2ccccc2)nc1-c1ccccc1. The summed E-state index contributed by atoms with van der Waals surface area (Å²) >= 11 is 1.61. The highest BCUT2D eigenvalue weighted by atomic mass is 32.1. The van der Waals surface area contributed by atoms with E-state index in [1.165, 1.54) is 0 Å². The Bertz CT molecular complexity index is 1120. The molecular weight excluding hydrogens is 396 g/mol. The smallest absolute Gasteiger partial charge is 0.273 e. The molecule has 0 unspecified atom stereocenters. The Kier molecular flexibility index (Phi) is 6.01. The highest BCUT2D eigenvalue weighted by Crippen LogP contribution is 2.23. The number of carbonyl (C=O) groups excluding carboxylic acids is 2. The summed E-state index contributed by atoms with van der Waals surface area (Å²) in [6.07, 6.45) is 2.61. The number of nitrogens with zero attached hydrogens (tertiary/aromatic N) is 2. The second-order valence-corrected chi connectivity index (χ2v) is 7.65. The molecule has 0 saturated carbocycles. The Labute approximate surface area is 178 Å². The lowest BCUT2D eigenvalue weighted by atomic mass is 10.1. The number of aromatic nitrogens is 2. The molecule has 2 N–H and O–H groups in total. The summed E-state index contributed by atoms with van der Waals surface area (Å²) in [6.45, 7) is 0. The van der Waals surface area contributed by atoms with Crippen molar-refractivity contribution in [1.29, 1.82) is 0 Å². The van der Waals surface area contributed by atoms with Gasteiger partial charge in [-0.05, 0) is 30.0 Å². The molecule has 7 heteroatoms. The molecule has 0 fully saturated rings. The Morgan fingerprint density at radius 2 is 1.63 bits per heavy atom. The van der Waals surface area contributed by atoms with Gasteiger partial charge in [-0.15, -0.1) is 11.3 Å². The van der Waals surface area contributed by atoms with E-state index in [4.69, 9.17) is 0 Å². The fourth-order valence-corrected chi connectivity index (χ4v) is 3.72. The van der Waals surface area contributed by atoms with Crippen molar-refractivity contribution in [3.63, 3.8) is 0 Å². The molecule has 2 heterocycles. The Hall–Kier alpha value is -3.71. The predicted molar refractivity (Wildman–Crippen MR) is 117 cm³/mol. The third-order valence-corrected chi connectivity index (χ3v) is 5.46. The zero-order valence-corrected chi connectivity index (χ0v) is 16.9. The molecule has 2 amide bonds. The first-order valence-corrected chi connectivity index (χ1v) is 10.4. The van der Waals surface area contributed by atoms with Crippen molar-refractivity contribution in [3.05, 3.63) is 94.8 Å². The summed E-state index contributed by atoms with van der Waals surface area (Å²) in [7, 11) is 0. The van der Waals surface area contributed by atoms with E-state index < -0.39 is 5.91 Å². The van der Waals surface area contributed by atoms with Gasteiger partial charge in [0.2, 0.25) is 5.91 Å². The molecule has 0 atom stereocenters. The van der Waals surface area contributed by atoms with E-state index in [0.717, 1.165) is 16.1 Å². The van der Waals surface area contributed by atoms with E-state index >= 15 is 0 Å². The van der Waals surface area contributed by atoms with Gasteiger partial charge in [0.25, 0.3) is 5.91 Å². The summed E-state index contributed by atoms with van der Waals surface area (Å²) < 4.78 is 1.66. The quantitative estimate of drug-likeness (QED) is 0.467. The molecule has 4 rings (SSSR count). The molecule has 30 heavy (non-hydrogen) atoms. The van der Waals surface area contributed by atoms with E-state index in [1.807, 2.05) is 78.2 Å². The van der Waals surface area contributed by atoms with Crippen molar-refractivity contribution in [2.24, 2.45) is 0 Å². The van der Waals surface area contributed by atoms with Gasteiger partial charge in [0, 0.05) is 23.1 Å². The first-order chi connectivity index (χ1) is 14.7. The lowest BCUT2D eigenvalue weighted by Crippen LogP contribution is -2.41. The maximum absolute atomic E-state index is 12.8. The van der Waals surface area contributed by atoms with Crippen molar-refractivity contribution in [1.82, 2.24) is 20.6 Å². The molecule has 0 saturated heterocycles. The molecule has 2 aromatic carbocycles. The maximum Gasteiger partial charge on any atom is 0.273 e. The van der Waals surface area contributed by atoms with Crippen LogP contribution in [0.1, 0.15) is 21.7 Å². The fraction of sp³-hybridized carbons (Fsp3) is 0.0870. The van der Waals surface area contributed by atoms with E-state index in [-0.39, 0.29) is 5.91 Å². The van der Waals surface area contributed by atoms with E-state index in [2.05, 4.69) is 16.0 Å². The molecule has 0 spiro atoms. The number of hydrazine groups is 1. The largest absolute Gasteiger partial charge is 0.273 e. The average Bonchev–Trinajstić information content (AvgIpc) is 3.47. The van der Waals surface area contributed by atoms with Crippen LogP contribution in [0.2, 0.25) is 0 Å². The highest BCUT2D eigenvalue weighted by molar-refractivity contribution is 7.09. The van der Waals surface area contributed by atoms with E-state index in [1.54, 1.807) is 22.2 Å². The number of rotatable bonds is 6. The van der Waals surface area contributed by atoms with Crippen molar-refractivity contribution < 1.29 is 9.59 Å². The number of hydrogen-bond acceptors (Lipinski definition) is 4. The first-order valence-electron chi connectivity index (χ1n) is 9.53. The molecule has 0 bridgehead atoms. The summed E-state index contributed by atoms with van der Waals surface area (Å²) in [4.78, 5) is 26.1. The van der Waals surface area contributed by atoms with Crippen LogP contribution in [-0.2, 0) is 11.2 Å². The van der Waals surface area contributed by atoms with Crippen LogP contribution >= 0.6 is 11.3 Å². The molecule has 0 aliphatic heterocycles. The van der Waals surface area contributed by atoms with Gasteiger partial charge in [-0.2, -0.15) is 5.10 Å². The van der Waals surface area contributed by atoms with Crippen LogP contribution in [0.3, 0.4) is 0 Å². The van der Waals surface area contributed by atoms with Crippen LogP contribution < -0.4 is 10.9 Å². The number of nitrogens with one attached hydrogen (secondary N) is 2. The number of aryl methyl sites for hydroxylation is 1. The Morgan fingerprint density at radius 1 is 0.900 bits per heavy atom.